The molecule has 34 heavy (non-hydrogen) atoms. The first kappa shape index (κ1) is 25.3. The van der Waals surface area contributed by atoms with Crippen molar-refractivity contribution in [1.82, 2.24) is 10.6 Å². The molecule has 2 amide bonds. The van der Waals surface area contributed by atoms with Crippen LogP contribution in [-0.4, -0.2) is 43.3 Å². The first-order chi connectivity index (χ1) is 16.0. The van der Waals surface area contributed by atoms with E-state index in [0.717, 1.165) is 11.1 Å². The zero-order chi connectivity index (χ0) is 25.0. The fraction of sp³-hybridized carbons (Fsp3) is 0.480. The molecule has 0 aromatic heterocycles. The Morgan fingerprint density at radius 3 is 2.65 bits per heavy atom. The number of nitrogens with one attached hydrogen (secondary N) is 3. The minimum Gasteiger partial charge on any atom is -0.467 e. The Labute approximate surface area is 199 Å². The molecule has 1 aliphatic heterocycles. The van der Waals surface area contributed by atoms with Crippen molar-refractivity contribution >= 4 is 23.7 Å². The molecule has 184 valence electrons. The number of ether oxygens (including phenoxy) is 2. The number of benzene rings is 1. The molecule has 0 radical (unpaired) electrons. The van der Waals surface area contributed by atoms with Crippen LogP contribution in [0.25, 0.3) is 0 Å². The summed E-state index contributed by atoms with van der Waals surface area (Å²) in [5.41, 5.74) is 2.34. The van der Waals surface area contributed by atoms with Gasteiger partial charge in [-0.2, -0.15) is 0 Å². The van der Waals surface area contributed by atoms with E-state index in [9.17, 15) is 18.8 Å². The Morgan fingerprint density at radius 2 is 2.00 bits per heavy atom. The van der Waals surface area contributed by atoms with E-state index in [4.69, 9.17) is 9.47 Å². The van der Waals surface area contributed by atoms with E-state index < -0.39 is 29.5 Å². The number of methoxy groups -OCH3 is 1. The van der Waals surface area contributed by atoms with Crippen LogP contribution in [0.2, 0.25) is 0 Å². The number of rotatable bonds is 7. The van der Waals surface area contributed by atoms with Gasteiger partial charge in [0.05, 0.1) is 12.8 Å². The summed E-state index contributed by atoms with van der Waals surface area (Å²) in [7, 11) is 1.28. The van der Waals surface area contributed by atoms with Gasteiger partial charge in [-0.25, -0.2) is 14.0 Å². The van der Waals surface area contributed by atoms with Crippen molar-refractivity contribution in [2.75, 3.05) is 19.0 Å². The average molecular weight is 474 g/mol. The third-order valence-corrected chi connectivity index (χ3v) is 5.75. The molecule has 0 bridgehead atoms. The van der Waals surface area contributed by atoms with Gasteiger partial charge in [0, 0.05) is 18.7 Å². The highest BCUT2D eigenvalue weighted by Crippen LogP contribution is 2.31. The van der Waals surface area contributed by atoms with E-state index in [1.54, 1.807) is 20.8 Å². The number of carbonyl (C=O) groups excluding carboxylic acids is 3. The van der Waals surface area contributed by atoms with E-state index in [0.29, 0.717) is 30.5 Å². The number of alkyl carbamates (subject to hydrolysis) is 1. The first-order valence-corrected chi connectivity index (χ1v) is 11.3. The molecule has 0 saturated carbocycles. The van der Waals surface area contributed by atoms with Crippen LogP contribution in [0, 0.1) is 11.7 Å². The topological polar surface area (TPSA) is 106 Å². The molecule has 1 heterocycles. The number of hydrogen-bond donors (Lipinski definition) is 3. The molecular formula is C25H32FN3O5. The molecule has 1 aromatic rings. The lowest BCUT2D eigenvalue weighted by Gasteiger charge is -2.27. The molecule has 8 nitrogen and oxygen atoms in total. The Kier molecular flexibility index (Phi) is 7.64. The maximum atomic E-state index is 14.7. The lowest BCUT2D eigenvalue weighted by atomic mass is 9.84. The number of carbonyl (C=O) groups is 3. The quantitative estimate of drug-likeness (QED) is 0.520. The third kappa shape index (κ3) is 6.15. The normalized spacial score (nSPS) is 18.2. The molecular weight excluding hydrogens is 441 g/mol. The lowest BCUT2D eigenvalue weighted by molar-refractivity contribution is -0.140. The van der Waals surface area contributed by atoms with E-state index in [-0.39, 0.29) is 24.1 Å². The monoisotopic (exact) mass is 473 g/mol. The second-order valence-corrected chi connectivity index (χ2v) is 9.54. The van der Waals surface area contributed by atoms with Crippen LogP contribution in [0.3, 0.4) is 0 Å². The van der Waals surface area contributed by atoms with Crippen LogP contribution in [0.5, 0.6) is 0 Å². The van der Waals surface area contributed by atoms with Gasteiger partial charge in [0.25, 0.3) is 5.91 Å². The summed E-state index contributed by atoms with van der Waals surface area (Å²) < 4.78 is 24.9. The van der Waals surface area contributed by atoms with E-state index in [2.05, 4.69) is 16.0 Å². The maximum absolute atomic E-state index is 14.7. The molecule has 0 spiro atoms. The number of anilines is 1. The second kappa shape index (κ2) is 10.3. The van der Waals surface area contributed by atoms with Crippen LogP contribution in [-0.2, 0) is 20.8 Å². The van der Waals surface area contributed by atoms with Crippen LogP contribution < -0.4 is 16.0 Å². The summed E-state index contributed by atoms with van der Waals surface area (Å²) in [5.74, 6) is -1.26. The van der Waals surface area contributed by atoms with Crippen molar-refractivity contribution in [3.05, 3.63) is 52.4 Å². The van der Waals surface area contributed by atoms with Crippen LogP contribution >= 0.6 is 0 Å². The molecule has 0 fully saturated rings. The fourth-order valence-electron chi connectivity index (χ4n) is 4.03. The van der Waals surface area contributed by atoms with Crippen molar-refractivity contribution in [2.45, 2.75) is 58.7 Å². The molecule has 2 unspecified atom stereocenters. The van der Waals surface area contributed by atoms with Crippen molar-refractivity contribution in [2.24, 2.45) is 5.92 Å². The highest BCUT2D eigenvalue weighted by molar-refractivity contribution is 5.99. The number of allylic oxidation sites excluding steroid dienone is 2. The van der Waals surface area contributed by atoms with Crippen molar-refractivity contribution in [3.63, 3.8) is 0 Å². The van der Waals surface area contributed by atoms with Gasteiger partial charge in [0.1, 0.15) is 17.5 Å². The zero-order valence-electron chi connectivity index (χ0n) is 20.2. The Morgan fingerprint density at radius 1 is 1.26 bits per heavy atom. The maximum Gasteiger partial charge on any atom is 0.407 e. The summed E-state index contributed by atoms with van der Waals surface area (Å²) in [6.07, 6.45) is 4.47. The van der Waals surface area contributed by atoms with Gasteiger partial charge in [-0.05, 0) is 62.8 Å². The zero-order valence-corrected chi connectivity index (χ0v) is 20.2. The molecule has 1 aliphatic carbocycles. The smallest absolute Gasteiger partial charge is 0.407 e. The van der Waals surface area contributed by atoms with Crippen LogP contribution in [0.15, 0.2) is 35.4 Å². The molecule has 3 rings (SSSR count). The standard InChI is InChI=1S/C25H32FN3O5/c1-14-10-16(7-6-15(14)8-9-27-24(32)34-25(2,3)4)21(23(31)33-5)29-20-12-18-17(11-19(20)26)13-28-22(18)30/h6-7,11-12,14,21,29H,8-10,13H2,1-5H3,(H,27,32)(H,28,30). The van der Waals surface area contributed by atoms with Crippen molar-refractivity contribution in [3.8, 4) is 0 Å². The SMILES string of the molecule is COC(=O)C(Nc1cc2c(cc1F)CNC2=O)C1=CC=C(CCNC(=O)OC(C)(C)C)C(C)C1. The summed E-state index contributed by atoms with van der Waals surface area (Å²) in [6, 6.07) is 1.83. The van der Waals surface area contributed by atoms with Gasteiger partial charge in [-0.1, -0.05) is 24.6 Å². The third-order valence-electron chi connectivity index (χ3n) is 5.75. The van der Waals surface area contributed by atoms with Gasteiger partial charge in [-0.15, -0.1) is 0 Å². The minimum absolute atomic E-state index is 0.0658. The Hall–Kier alpha value is -3.36. The number of fused-ring (bicyclic) bond motifs is 1. The molecule has 3 N–H and O–H groups in total. The van der Waals surface area contributed by atoms with E-state index >= 15 is 0 Å². The summed E-state index contributed by atoms with van der Waals surface area (Å²) in [4.78, 5) is 36.4. The highest BCUT2D eigenvalue weighted by Gasteiger charge is 2.29. The van der Waals surface area contributed by atoms with Gasteiger partial charge >= 0.3 is 12.1 Å². The number of esters is 1. The first-order valence-electron chi connectivity index (χ1n) is 11.3. The molecule has 2 aliphatic rings. The molecule has 0 saturated heterocycles. The number of hydrogen-bond acceptors (Lipinski definition) is 6. The summed E-state index contributed by atoms with van der Waals surface area (Å²) in [6.45, 7) is 8.15. The largest absolute Gasteiger partial charge is 0.467 e. The number of amides is 2. The van der Waals surface area contributed by atoms with E-state index in [1.165, 1.54) is 19.2 Å². The van der Waals surface area contributed by atoms with Crippen LogP contribution in [0.4, 0.5) is 14.9 Å². The predicted molar refractivity (Wildman–Crippen MR) is 126 cm³/mol. The Balaban J connectivity index is 1.72. The van der Waals surface area contributed by atoms with Crippen molar-refractivity contribution < 1.29 is 28.2 Å². The van der Waals surface area contributed by atoms with Crippen molar-refractivity contribution in [1.29, 1.82) is 0 Å². The van der Waals surface area contributed by atoms with Crippen LogP contribution in [0.1, 0.15) is 56.5 Å². The van der Waals surface area contributed by atoms with Gasteiger partial charge < -0.3 is 25.4 Å². The summed E-state index contributed by atoms with van der Waals surface area (Å²) >= 11 is 0. The fourth-order valence-corrected chi connectivity index (χ4v) is 4.03. The highest BCUT2D eigenvalue weighted by atomic mass is 19.1. The van der Waals surface area contributed by atoms with Gasteiger partial charge in [-0.3, -0.25) is 4.79 Å². The molecule has 2 atom stereocenters. The average Bonchev–Trinajstić information content (AvgIpc) is 3.10. The predicted octanol–water partition coefficient (Wildman–Crippen LogP) is 3.83. The number of halogens is 1. The summed E-state index contributed by atoms with van der Waals surface area (Å²) in [5, 5.41) is 8.34. The Bertz CT molecular complexity index is 1040. The van der Waals surface area contributed by atoms with Gasteiger partial charge in [0.2, 0.25) is 0 Å². The van der Waals surface area contributed by atoms with E-state index in [1.807, 2.05) is 19.1 Å². The molecule has 9 heteroatoms. The lowest BCUT2D eigenvalue weighted by Crippen LogP contribution is -2.35. The minimum atomic E-state index is -0.901. The second-order valence-electron chi connectivity index (χ2n) is 9.54. The molecule has 1 aromatic carbocycles. The van der Waals surface area contributed by atoms with Gasteiger partial charge in [0.15, 0.2) is 0 Å².